The largest absolute Gasteiger partial charge is 0.254 e. The van der Waals surface area contributed by atoms with E-state index in [1.165, 1.54) is 0 Å². The van der Waals surface area contributed by atoms with Crippen LogP contribution in [-0.2, 0) is 0 Å². The van der Waals surface area contributed by atoms with E-state index in [0.29, 0.717) is 5.56 Å². The first-order chi connectivity index (χ1) is 6.74. The monoisotopic (exact) mass is 310 g/mol. The lowest BCUT2D eigenvalue weighted by Gasteiger charge is -2.02. The van der Waals surface area contributed by atoms with Crippen molar-refractivity contribution in [3.8, 4) is 6.07 Å². The summed E-state index contributed by atoms with van der Waals surface area (Å²) >= 11 is 6.80. The number of fused-ring (bicyclic) bond motifs is 1. The fourth-order valence-corrected chi connectivity index (χ4v) is 2.21. The molecule has 1 aromatic carbocycles. The molecule has 2 rings (SSSR count). The number of nitrogens with zero attached hydrogens (tertiary/aromatic N) is 2. The van der Waals surface area contributed by atoms with Crippen LogP contribution in [0.4, 0.5) is 0 Å². The lowest BCUT2D eigenvalue weighted by Crippen LogP contribution is -1.85. The van der Waals surface area contributed by atoms with Crippen LogP contribution in [0.2, 0.25) is 0 Å². The molecule has 1 aromatic heterocycles. The molecule has 68 valence electrons. The minimum absolute atomic E-state index is 0.551. The van der Waals surface area contributed by atoms with Crippen molar-refractivity contribution in [2.45, 2.75) is 0 Å². The van der Waals surface area contributed by atoms with Crippen molar-refractivity contribution in [2.75, 3.05) is 0 Å². The summed E-state index contributed by atoms with van der Waals surface area (Å²) in [4.78, 5) is 4.21. The van der Waals surface area contributed by atoms with Crippen LogP contribution in [-0.4, -0.2) is 4.98 Å². The Morgan fingerprint density at radius 1 is 1.29 bits per heavy atom. The summed E-state index contributed by atoms with van der Waals surface area (Å²) in [6, 6.07) is 7.85. The van der Waals surface area contributed by atoms with Crippen molar-refractivity contribution in [1.29, 1.82) is 5.26 Å². The van der Waals surface area contributed by atoms with E-state index in [4.69, 9.17) is 5.26 Å². The van der Waals surface area contributed by atoms with Crippen molar-refractivity contribution in [2.24, 2.45) is 0 Å². The fraction of sp³-hybridized carbons (Fsp3) is 0. The zero-order valence-corrected chi connectivity index (χ0v) is 10.1. The summed E-state index contributed by atoms with van der Waals surface area (Å²) < 4.78 is 1.73. The van der Waals surface area contributed by atoms with Gasteiger partial charge >= 0.3 is 0 Å². The van der Waals surface area contributed by atoms with E-state index in [0.717, 1.165) is 19.8 Å². The molecule has 0 radical (unpaired) electrons. The van der Waals surface area contributed by atoms with Gasteiger partial charge in [-0.15, -0.1) is 0 Å². The van der Waals surface area contributed by atoms with Crippen LogP contribution in [0.15, 0.2) is 33.3 Å². The summed E-state index contributed by atoms with van der Waals surface area (Å²) in [7, 11) is 0. The van der Waals surface area contributed by atoms with E-state index in [-0.39, 0.29) is 0 Å². The lowest BCUT2D eigenvalue weighted by molar-refractivity contribution is 1.35. The van der Waals surface area contributed by atoms with Gasteiger partial charge in [0.05, 0.1) is 11.1 Å². The minimum atomic E-state index is 0.551. The molecule has 0 aliphatic heterocycles. The highest BCUT2D eigenvalue weighted by Gasteiger charge is 2.07. The number of nitriles is 1. The van der Waals surface area contributed by atoms with Crippen LogP contribution in [0, 0.1) is 11.3 Å². The predicted molar refractivity (Wildman–Crippen MR) is 61.9 cm³/mol. The molecule has 0 bridgehead atoms. The van der Waals surface area contributed by atoms with Crippen LogP contribution in [0.5, 0.6) is 0 Å². The SMILES string of the molecule is N#Cc1cnc2c(Br)cccc2c1Br. The molecule has 0 amide bonds. The van der Waals surface area contributed by atoms with Crippen LogP contribution in [0.3, 0.4) is 0 Å². The molecule has 0 fully saturated rings. The molecule has 1 heterocycles. The molecule has 2 nitrogen and oxygen atoms in total. The second-order valence-corrected chi connectivity index (χ2v) is 4.38. The number of benzene rings is 1. The Balaban J connectivity index is 2.92. The summed E-state index contributed by atoms with van der Waals surface area (Å²) in [5.41, 5.74) is 1.41. The molecule has 0 saturated heterocycles. The van der Waals surface area contributed by atoms with Crippen molar-refractivity contribution in [3.63, 3.8) is 0 Å². The molecule has 2 aromatic rings. The summed E-state index contributed by atoms with van der Waals surface area (Å²) in [6.45, 7) is 0. The van der Waals surface area contributed by atoms with Gasteiger partial charge in [0.25, 0.3) is 0 Å². The highest BCUT2D eigenvalue weighted by Crippen LogP contribution is 2.29. The zero-order valence-electron chi connectivity index (χ0n) is 6.96. The van der Waals surface area contributed by atoms with Gasteiger partial charge in [-0.3, -0.25) is 4.98 Å². The highest BCUT2D eigenvalue weighted by atomic mass is 79.9. The van der Waals surface area contributed by atoms with Gasteiger partial charge in [0.2, 0.25) is 0 Å². The normalized spacial score (nSPS) is 10.1. The van der Waals surface area contributed by atoms with Gasteiger partial charge in [-0.2, -0.15) is 5.26 Å². The van der Waals surface area contributed by atoms with Crippen LogP contribution in [0.25, 0.3) is 10.9 Å². The Morgan fingerprint density at radius 2 is 2.07 bits per heavy atom. The minimum Gasteiger partial charge on any atom is -0.254 e. The van der Waals surface area contributed by atoms with E-state index >= 15 is 0 Å². The number of halogens is 2. The number of rotatable bonds is 0. The molecule has 0 aliphatic rings. The third-order valence-corrected chi connectivity index (χ3v) is 3.40. The molecule has 14 heavy (non-hydrogen) atoms. The number of hydrogen-bond acceptors (Lipinski definition) is 2. The van der Waals surface area contributed by atoms with Crippen LogP contribution < -0.4 is 0 Å². The lowest BCUT2D eigenvalue weighted by atomic mass is 10.2. The second-order valence-electron chi connectivity index (χ2n) is 2.73. The molecular formula is C10H4Br2N2. The van der Waals surface area contributed by atoms with Gasteiger partial charge in [-0.25, -0.2) is 0 Å². The molecule has 0 aliphatic carbocycles. The fourth-order valence-electron chi connectivity index (χ4n) is 1.23. The number of hydrogen-bond donors (Lipinski definition) is 0. The van der Waals surface area contributed by atoms with E-state index in [1.54, 1.807) is 6.20 Å². The Morgan fingerprint density at radius 3 is 2.79 bits per heavy atom. The maximum absolute atomic E-state index is 8.82. The van der Waals surface area contributed by atoms with Crippen molar-refractivity contribution in [1.82, 2.24) is 4.98 Å². The summed E-state index contributed by atoms with van der Waals surface area (Å²) in [5, 5.41) is 9.76. The number of para-hydroxylation sites is 1. The maximum atomic E-state index is 8.82. The van der Waals surface area contributed by atoms with Gasteiger partial charge in [-0.1, -0.05) is 12.1 Å². The van der Waals surface area contributed by atoms with E-state index in [2.05, 4.69) is 42.9 Å². The Kier molecular flexibility index (Phi) is 2.53. The molecule has 4 heteroatoms. The first-order valence-corrected chi connectivity index (χ1v) is 5.45. The summed E-state index contributed by atoms with van der Waals surface area (Å²) in [5.74, 6) is 0. The van der Waals surface area contributed by atoms with Crippen molar-refractivity contribution in [3.05, 3.63) is 38.9 Å². The van der Waals surface area contributed by atoms with Gasteiger partial charge in [0, 0.05) is 20.5 Å². The smallest absolute Gasteiger partial charge is 0.102 e. The molecule has 0 unspecified atom stereocenters. The van der Waals surface area contributed by atoms with Gasteiger partial charge < -0.3 is 0 Å². The molecule has 0 spiro atoms. The van der Waals surface area contributed by atoms with E-state index in [1.807, 2.05) is 18.2 Å². The molecule has 0 saturated carbocycles. The third kappa shape index (κ3) is 1.43. The zero-order chi connectivity index (χ0) is 10.1. The average Bonchev–Trinajstić information content (AvgIpc) is 2.20. The van der Waals surface area contributed by atoms with Gasteiger partial charge in [0.15, 0.2) is 0 Å². The average molecular weight is 312 g/mol. The predicted octanol–water partition coefficient (Wildman–Crippen LogP) is 3.63. The second kappa shape index (κ2) is 3.68. The van der Waals surface area contributed by atoms with Gasteiger partial charge in [0.1, 0.15) is 6.07 Å². The molecular weight excluding hydrogens is 308 g/mol. The van der Waals surface area contributed by atoms with Crippen LogP contribution >= 0.6 is 31.9 Å². The van der Waals surface area contributed by atoms with E-state index in [9.17, 15) is 0 Å². The third-order valence-electron chi connectivity index (χ3n) is 1.90. The maximum Gasteiger partial charge on any atom is 0.102 e. The number of aromatic nitrogens is 1. The van der Waals surface area contributed by atoms with Crippen LogP contribution in [0.1, 0.15) is 5.56 Å². The quantitative estimate of drug-likeness (QED) is 0.745. The molecule has 0 atom stereocenters. The van der Waals surface area contributed by atoms with Crippen molar-refractivity contribution >= 4 is 42.8 Å². The molecule has 0 N–H and O–H groups in total. The summed E-state index contributed by atoms with van der Waals surface area (Å²) in [6.07, 6.45) is 1.57. The van der Waals surface area contributed by atoms with Crippen molar-refractivity contribution < 1.29 is 0 Å². The van der Waals surface area contributed by atoms with E-state index < -0.39 is 0 Å². The Hall–Kier alpha value is -0.920. The standard InChI is InChI=1S/C10H4Br2N2/c11-8-3-1-2-7-9(12)6(4-13)5-14-10(7)8/h1-3,5H. The first kappa shape index (κ1) is 9.63. The Labute approximate surface area is 97.8 Å². The highest BCUT2D eigenvalue weighted by molar-refractivity contribution is 9.11. The topological polar surface area (TPSA) is 36.7 Å². The van der Waals surface area contributed by atoms with Gasteiger partial charge in [-0.05, 0) is 37.9 Å². The number of pyridine rings is 1. The first-order valence-electron chi connectivity index (χ1n) is 3.87. The Bertz CT molecular complexity index is 544.